The van der Waals surface area contributed by atoms with Crippen LogP contribution in [0.2, 0.25) is 0 Å². The van der Waals surface area contributed by atoms with Gasteiger partial charge < -0.3 is 20.1 Å². The summed E-state index contributed by atoms with van der Waals surface area (Å²) in [6.07, 6.45) is 0. The summed E-state index contributed by atoms with van der Waals surface area (Å²) in [7, 11) is 0. The zero-order chi connectivity index (χ0) is 28.8. The van der Waals surface area contributed by atoms with Crippen LogP contribution in [-0.2, 0) is 9.59 Å². The highest BCUT2D eigenvalue weighted by molar-refractivity contribution is 5.94. The van der Waals surface area contributed by atoms with E-state index >= 15 is 0 Å². The Morgan fingerprint density at radius 1 is 0.525 bits per heavy atom. The predicted octanol–water partition coefficient (Wildman–Crippen LogP) is 7.24. The Hall–Kier alpha value is -4.58. The molecule has 0 spiro atoms. The van der Waals surface area contributed by atoms with E-state index in [0.717, 1.165) is 67.4 Å². The van der Waals surface area contributed by atoms with Crippen molar-refractivity contribution < 1.29 is 19.1 Å². The fourth-order valence-electron chi connectivity index (χ4n) is 4.67. The summed E-state index contributed by atoms with van der Waals surface area (Å²) in [5.74, 6) is 1.06. The molecule has 2 N–H and O–H groups in total. The second-order valence-corrected chi connectivity index (χ2v) is 10.2. The zero-order valence-corrected chi connectivity index (χ0v) is 24.0. The van der Waals surface area contributed by atoms with Crippen LogP contribution in [0.15, 0.2) is 72.8 Å². The number of aryl methyl sites for hydroxylation is 6. The smallest absolute Gasteiger partial charge is 0.262 e. The molecule has 40 heavy (non-hydrogen) atoms. The Morgan fingerprint density at radius 3 is 1.20 bits per heavy atom. The van der Waals surface area contributed by atoms with Crippen molar-refractivity contribution >= 4 is 23.2 Å². The minimum atomic E-state index is -0.212. The van der Waals surface area contributed by atoms with Crippen LogP contribution in [-0.4, -0.2) is 25.0 Å². The van der Waals surface area contributed by atoms with Crippen molar-refractivity contribution in [1.82, 2.24) is 0 Å². The first-order valence-electron chi connectivity index (χ1n) is 13.3. The van der Waals surface area contributed by atoms with E-state index in [1.54, 1.807) is 0 Å². The van der Waals surface area contributed by atoms with Crippen molar-refractivity contribution in [1.29, 1.82) is 0 Å². The largest absolute Gasteiger partial charge is 0.483 e. The Balaban J connectivity index is 1.36. The molecule has 0 radical (unpaired) electrons. The second kappa shape index (κ2) is 12.5. The van der Waals surface area contributed by atoms with E-state index in [-0.39, 0.29) is 25.0 Å². The molecule has 0 atom stereocenters. The standard InChI is InChI=1S/C34H36N2O4/c1-21-9-7-10-22(2)33(21)39-19-31(37)35-29-15-13-27(17-25(29)5)28-14-16-30(26(6)18-28)36-32(38)20-40-34-23(3)11-8-12-24(34)4/h7-18H,19-20H2,1-6H3,(H,35,37)(H,36,38). The molecule has 2 amide bonds. The lowest BCUT2D eigenvalue weighted by molar-refractivity contribution is -0.118. The van der Waals surface area contributed by atoms with Gasteiger partial charge in [-0.05, 0) is 110 Å². The van der Waals surface area contributed by atoms with Gasteiger partial charge in [0, 0.05) is 11.4 Å². The first kappa shape index (κ1) is 28.4. The fourth-order valence-corrected chi connectivity index (χ4v) is 4.67. The van der Waals surface area contributed by atoms with Gasteiger partial charge in [-0.15, -0.1) is 0 Å². The topological polar surface area (TPSA) is 76.7 Å². The molecule has 0 aromatic heterocycles. The molecule has 0 aliphatic rings. The quantitative estimate of drug-likeness (QED) is 0.236. The van der Waals surface area contributed by atoms with Gasteiger partial charge in [0.2, 0.25) is 0 Å². The molecule has 4 aromatic rings. The number of nitrogens with one attached hydrogen (secondary N) is 2. The van der Waals surface area contributed by atoms with Crippen molar-refractivity contribution in [2.75, 3.05) is 23.8 Å². The second-order valence-electron chi connectivity index (χ2n) is 10.2. The molecule has 0 bridgehead atoms. The van der Waals surface area contributed by atoms with Crippen molar-refractivity contribution in [3.05, 3.63) is 106 Å². The van der Waals surface area contributed by atoms with Crippen LogP contribution in [0.4, 0.5) is 11.4 Å². The summed E-state index contributed by atoms with van der Waals surface area (Å²) in [5, 5.41) is 5.89. The van der Waals surface area contributed by atoms with Crippen LogP contribution in [0.25, 0.3) is 11.1 Å². The van der Waals surface area contributed by atoms with E-state index in [2.05, 4.69) is 10.6 Å². The van der Waals surface area contributed by atoms with Gasteiger partial charge >= 0.3 is 0 Å². The molecule has 0 aliphatic heterocycles. The molecular formula is C34H36N2O4. The third-order valence-corrected chi connectivity index (χ3v) is 6.85. The summed E-state index contributed by atoms with van der Waals surface area (Å²) < 4.78 is 11.6. The molecule has 0 saturated carbocycles. The molecule has 6 heteroatoms. The third-order valence-electron chi connectivity index (χ3n) is 6.85. The Bertz CT molecular complexity index is 1400. The average molecular weight is 537 g/mol. The molecule has 4 rings (SSSR count). The van der Waals surface area contributed by atoms with E-state index < -0.39 is 0 Å². The minimum Gasteiger partial charge on any atom is -0.483 e. The van der Waals surface area contributed by atoms with Gasteiger partial charge in [-0.25, -0.2) is 0 Å². The van der Waals surface area contributed by atoms with Gasteiger partial charge in [0.05, 0.1) is 0 Å². The Morgan fingerprint density at radius 2 is 0.875 bits per heavy atom. The highest BCUT2D eigenvalue weighted by Crippen LogP contribution is 2.29. The predicted molar refractivity (Wildman–Crippen MR) is 161 cm³/mol. The number of carbonyl (C=O) groups excluding carboxylic acids is 2. The van der Waals surface area contributed by atoms with Gasteiger partial charge in [-0.2, -0.15) is 0 Å². The lowest BCUT2D eigenvalue weighted by atomic mass is 10.00. The number of hydrogen-bond acceptors (Lipinski definition) is 4. The molecule has 0 saturated heterocycles. The van der Waals surface area contributed by atoms with Crippen LogP contribution in [0.1, 0.15) is 33.4 Å². The maximum Gasteiger partial charge on any atom is 0.262 e. The van der Waals surface area contributed by atoms with Crippen LogP contribution < -0.4 is 20.1 Å². The van der Waals surface area contributed by atoms with Crippen LogP contribution in [0, 0.1) is 41.5 Å². The molecule has 0 fully saturated rings. The van der Waals surface area contributed by atoms with Gasteiger partial charge in [-0.3, -0.25) is 9.59 Å². The highest BCUT2D eigenvalue weighted by Gasteiger charge is 2.12. The first-order valence-corrected chi connectivity index (χ1v) is 13.3. The summed E-state index contributed by atoms with van der Waals surface area (Å²) >= 11 is 0. The van der Waals surface area contributed by atoms with E-state index in [4.69, 9.17) is 9.47 Å². The van der Waals surface area contributed by atoms with E-state index in [1.807, 2.05) is 114 Å². The normalized spacial score (nSPS) is 10.7. The van der Waals surface area contributed by atoms with E-state index in [0.29, 0.717) is 0 Å². The maximum absolute atomic E-state index is 12.6. The van der Waals surface area contributed by atoms with Crippen molar-refractivity contribution in [2.45, 2.75) is 41.5 Å². The number of anilines is 2. The molecule has 4 aromatic carbocycles. The molecule has 206 valence electrons. The summed E-state index contributed by atoms with van der Waals surface area (Å²) in [4.78, 5) is 25.1. The summed E-state index contributed by atoms with van der Waals surface area (Å²) in [6.45, 7) is 11.7. The van der Waals surface area contributed by atoms with Gasteiger partial charge in [0.15, 0.2) is 13.2 Å². The fraction of sp³-hybridized carbons (Fsp3) is 0.235. The maximum atomic E-state index is 12.6. The van der Waals surface area contributed by atoms with Crippen molar-refractivity contribution in [2.24, 2.45) is 0 Å². The zero-order valence-electron chi connectivity index (χ0n) is 24.0. The number of hydrogen-bond donors (Lipinski definition) is 2. The number of carbonyl (C=O) groups is 2. The Kier molecular flexibility index (Phi) is 8.90. The number of para-hydroxylation sites is 2. The van der Waals surface area contributed by atoms with Crippen molar-refractivity contribution in [3.8, 4) is 22.6 Å². The molecule has 6 nitrogen and oxygen atoms in total. The van der Waals surface area contributed by atoms with Gasteiger partial charge in [-0.1, -0.05) is 48.5 Å². The number of rotatable bonds is 9. The third kappa shape index (κ3) is 6.89. The first-order chi connectivity index (χ1) is 19.1. The highest BCUT2D eigenvalue weighted by atomic mass is 16.5. The molecule has 0 heterocycles. The lowest BCUT2D eigenvalue weighted by Crippen LogP contribution is -2.21. The van der Waals surface area contributed by atoms with Crippen LogP contribution in [0.5, 0.6) is 11.5 Å². The molecule has 0 unspecified atom stereocenters. The number of benzene rings is 4. The average Bonchev–Trinajstić information content (AvgIpc) is 2.90. The molecule has 0 aliphatic carbocycles. The summed E-state index contributed by atoms with van der Waals surface area (Å²) in [5.41, 5.74) is 9.39. The minimum absolute atomic E-state index is 0.0607. The number of amides is 2. The summed E-state index contributed by atoms with van der Waals surface area (Å²) in [6, 6.07) is 23.6. The van der Waals surface area contributed by atoms with E-state index in [9.17, 15) is 9.59 Å². The number of ether oxygens (including phenoxy) is 2. The van der Waals surface area contributed by atoms with Crippen molar-refractivity contribution in [3.63, 3.8) is 0 Å². The monoisotopic (exact) mass is 536 g/mol. The van der Waals surface area contributed by atoms with Gasteiger partial charge in [0.1, 0.15) is 11.5 Å². The van der Waals surface area contributed by atoms with Gasteiger partial charge in [0.25, 0.3) is 11.8 Å². The molecular weight excluding hydrogens is 500 g/mol. The Labute approximate surface area is 236 Å². The van der Waals surface area contributed by atoms with E-state index in [1.165, 1.54) is 0 Å². The SMILES string of the molecule is Cc1cc(-c2ccc(NC(=O)COc3c(C)cccc3C)c(C)c2)ccc1NC(=O)COc1c(C)cccc1C. The lowest BCUT2D eigenvalue weighted by Gasteiger charge is -2.15. The van der Waals surface area contributed by atoms with Crippen LogP contribution in [0.3, 0.4) is 0 Å². The van der Waals surface area contributed by atoms with Crippen LogP contribution >= 0.6 is 0 Å².